The molecule has 2 N–H and O–H groups in total. The summed E-state index contributed by atoms with van der Waals surface area (Å²) >= 11 is 13.2. The molecule has 0 saturated carbocycles. The van der Waals surface area contributed by atoms with Gasteiger partial charge in [-0.25, -0.2) is 9.97 Å². The third-order valence-corrected chi connectivity index (χ3v) is 5.33. The number of benzene rings is 1. The molecule has 1 aliphatic heterocycles. The van der Waals surface area contributed by atoms with E-state index in [4.69, 9.17) is 32.9 Å². The van der Waals surface area contributed by atoms with Crippen LogP contribution >= 0.6 is 23.2 Å². The molecule has 0 atom stereocenters. The quantitative estimate of drug-likeness (QED) is 0.343. The van der Waals surface area contributed by atoms with Crippen molar-refractivity contribution in [3.8, 4) is 39.7 Å². The summed E-state index contributed by atoms with van der Waals surface area (Å²) in [7, 11) is 0. The summed E-state index contributed by atoms with van der Waals surface area (Å²) in [5.74, 6) is 1.92. The summed E-state index contributed by atoms with van der Waals surface area (Å²) in [6.45, 7) is 3.90. The first-order valence-corrected chi connectivity index (χ1v) is 10.2. The minimum absolute atomic E-state index is 0.0168. The van der Waals surface area contributed by atoms with E-state index in [0.29, 0.717) is 27.2 Å². The van der Waals surface area contributed by atoms with Crippen molar-refractivity contribution in [2.24, 2.45) is 0 Å². The molecule has 0 unspecified atom stereocenters. The highest BCUT2D eigenvalue weighted by Gasteiger charge is 2.25. The number of imidazole rings is 1. The third kappa shape index (κ3) is 3.18. The number of fused-ring (bicyclic) bond motifs is 5. The number of hydrogen-bond acceptors (Lipinski definition) is 5. The van der Waals surface area contributed by atoms with E-state index in [-0.39, 0.29) is 6.10 Å². The molecule has 0 spiro atoms. The van der Waals surface area contributed by atoms with E-state index in [1.165, 1.54) is 0 Å². The fourth-order valence-electron chi connectivity index (χ4n) is 3.52. The molecule has 0 bridgehead atoms. The number of aromatic nitrogens is 4. The summed E-state index contributed by atoms with van der Waals surface area (Å²) in [6.07, 6.45) is 5.27. The van der Waals surface area contributed by atoms with Gasteiger partial charge in [0.15, 0.2) is 0 Å². The van der Waals surface area contributed by atoms with E-state index >= 15 is 0 Å². The molecule has 0 amide bonds. The highest BCUT2D eigenvalue weighted by atomic mass is 35.5. The van der Waals surface area contributed by atoms with Gasteiger partial charge >= 0.3 is 0 Å². The van der Waals surface area contributed by atoms with Gasteiger partial charge in [-0.1, -0.05) is 23.2 Å². The largest absolute Gasteiger partial charge is 0.491 e. The fraction of sp³-hybridized carbons (Fsp3) is 0.136. The Morgan fingerprint density at radius 1 is 1.03 bits per heavy atom. The first kappa shape index (κ1) is 18.9. The number of nitrogens with zero attached hydrogens (tertiary/aromatic N) is 3. The summed E-state index contributed by atoms with van der Waals surface area (Å²) in [4.78, 5) is 17.0. The molecule has 1 aromatic carbocycles. The van der Waals surface area contributed by atoms with Gasteiger partial charge in [-0.3, -0.25) is 4.98 Å². The molecule has 0 fully saturated rings. The molecular formula is C22H17Cl2N5O. The lowest BCUT2D eigenvalue weighted by molar-refractivity contribution is 0.242. The summed E-state index contributed by atoms with van der Waals surface area (Å²) in [5.41, 5.74) is 4.82. The second-order valence-electron chi connectivity index (χ2n) is 7.18. The lowest BCUT2D eigenvalue weighted by atomic mass is 10.1. The van der Waals surface area contributed by atoms with Crippen LogP contribution < -0.4 is 10.1 Å². The van der Waals surface area contributed by atoms with Crippen LogP contribution in [0.4, 0.5) is 11.5 Å². The van der Waals surface area contributed by atoms with Gasteiger partial charge in [-0.05, 0) is 44.2 Å². The number of pyridine rings is 2. The molecule has 5 rings (SSSR count). The molecule has 150 valence electrons. The minimum atomic E-state index is 0.0168. The van der Waals surface area contributed by atoms with Crippen LogP contribution in [0.15, 0.2) is 48.9 Å². The number of anilines is 2. The second kappa shape index (κ2) is 7.31. The van der Waals surface area contributed by atoms with Gasteiger partial charge < -0.3 is 15.0 Å². The van der Waals surface area contributed by atoms with Gasteiger partial charge in [0.25, 0.3) is 0 Å². The molecule has 8 heteroatoms. The predicted octanol–water partition coefficient (Wildman–Crippen LogP) is 6.35. The average molecular weight is 438 g/mol. The Kier molecular flexibility index (Phi) is 4.60. The van der Waals surface area contributed by atoms with Crippen molar-refractivity contribution in [2.45, 2.75) is 20.0 Å². The van der Waals surface area contributed by atoms with Crippen LogP contribution in [0.25, 0.3) is 33.9 Å². The van der Waals surface area contributed by atoms with Crippen molar-refractivity contribution in [3.05, 3.63) is 59.0 Å². The first-order chi connectivity index (χ1) is 14.5. The van der Waals surface area contributed by atoms with Gasteiger partial charge in [0.2, 0.25) is 0 Å². The van der Waals surface area contributed by atoms with Crippen LogP contribution in [0.3, 0.4) is 0 Å². The number of nitrogens with one attached hydrogen (secondary N) is 2. The van der Waals surface area contributed by atoms with Crippen LogP contribution in [0.2, 0.25) is 10.0 Å². The Balaban J connectivity index is 1.71. The zero-order valence-corrected chi connectivity index (χ0v) is 17.7. The maximum atomic E-state index is 6.59. The molecule has 4 heterocycles. The smallest absolute Gasteiger partial charge is 0.141 e. The summed E-state index contributed by atoms with van der Waals surface area (Å²) < 4.78 is 5.73. The number of ether oxygens (including phenoxy) is 1. The first-order valence-electron chi connectivity index (χ1n) is 9.44. The van der Waals surface area contributed by atoms with E-state index in [9.17, 15) is 0 Å². The zero-order chi connectivity index (χ0) is 20.8. The predicted molar refractivity (Wildman–Crippen MR) is 120 cm³/mol. The Hall–Kier alpha value is -3.09. The van der Waals surface area contributed by atoms with Crippen LogP contribution in [-0.4, -0.2) is 26.0 Å². The Labute approximate surface area is 183 Å². The number of aromatic amines is 1. The van der Waals surface area contributed by atoms with Crippen LogP contribution in [0.1, 0.15) is 13.8 Å². The highest BCUT2D eigenvalue weighted by Crippen LogP contribution is 2.45. The molecule has 1 aliphatic rings. The number of rotatable bonds is 3. The van der Waals surface area contributed by atoms with E-state index in [1.807, 2.05) is 32.0 Å². The Bertz CT molecular complexity index is 1180. The van der Waals surface area contributed by atoms with Crippen molar-refractivity contribution in [1.29, 1.82) is 0 Å². The van der Waals surface area contributed by atoms with Crippen molar-refractivity contribution in [3.63, 3.8) is 0 Å². The zero-order valence-electron chi connectivity index (χ0n) is 16.2. The van der Waals surface area contributed by atoms with Gasteiger partial charge in [0, 0.05) is 29.7 Å². The topological polar surface area (TPSA) is 75.7 Å². The SMILES string of the molecule is CC(C)Oc1cc(Cl)c(-c2nc3c([nH]2)-c2cccnc2Nc2ccncc2-3)c(Cl)c1. The van der Waals surface area contributed by atoms with Crippen molar-refractivity contribution < 1.29 is 4.74 Å². The van der Waals surface area contributed by atoms with E-state index in [2.05, 4.69) is 20.3 Å². The average Bonchev–Trinajstić information content (AvgIpc) is 3.07. The lowest BCUT2D eigenvalue weighted by Crippen LogP contribution is -2.05. The summed E-state index contributed by atoms with van der Waals surface area (Å²) in [6, 6.07) is 9.27. The lowest BCUT2D eigenvalue weighted by Gasteiger charge is -2.12. The highest BCUT2D eigenvalue weighted by molar-refractivity contribution is 6.39. The maximum Gasteiger partial charge on any atom is 0.141 e. The summed E-state index contributed by atoms with van der Waals surface area (Å²) in [5, 5.41) is 4.28. The van der Waals surface area contributed by atoms with Gasteiger partial charge in [-0.2, -0.15) is 0 Å². The van der Waals surface area contributed by atoms with E-state index in [0.717, 1.165) is 34.0 Å². The second-order valence-corrected chi connectivity index (χ2v) is 8.00. The van der Waals surface area contributed by atoms with Crippen LogP contribution in [0.5, 0.6) is 5.75 Å². The van der Waals surface area contributed by atoms with Crippen molar-refractivity contribution in [2.75, 3.05) is 5.32 Å². The molecule has 30 heavy (non-hydrogen) atoms. The molecular weight excluding hydrogens is 421 g/mol. The van der Waals surface area contributed by atoms with Crippen molar-refractivity contribution >= 4 is 34.7 Å². The number of H-pyrrole nitrogens is 1. The molecule has 6 nitrogen and oxygen atoms in total. The van der Waals surface area contributed by atoms with Gasteiger partial charge in [0.1, 0.15) is 23.1 Å². The molecule has 0 radical (unpaired) electrons. The van der Waals surface area contributed by atoms with Crippen LogP contribution in [0, 0.1) is 0 Å². The molecule has 4 aromatic rings. The van der Waals surface area contributed by atoms with E-state index in [1.54, 1.807) is 30.7 Å². The molecule has 0 saturated heterocycles. The Morgan fingerprint density at radius 3 is 2.60 bits per heavy atom. The van der Waals surface area contributed by atoms with Crippen LogP contribution in [-0.2, 0) is 0 Å². The monoisotopic (exact) mass is 437 g/mol. The standard InChI is InChI=1S/C22H17Cl2N5O/c1-11(2)30-12-8-15(23)18(16(24)9-12)22-28-19-13-4-3-6-26-21(13)27-17-5-7-25-10-14(17)20(19)29-22/h3-11H,1-2H3,(H,26,27)(H,28,29). The molecule has 0 aliphatic carbocycles. The van der Waals surface area contributed by atoms with Crippen molar-refractivity contribution in [1.82, 2.24) is 19.9 Å². The maximum absolute atomic E-state index is 6.59. The number of halogens is 2. The third-order valence-electron chi connectivity index (χ3n) is 4.73. The van der Waals surface area contributed by atoms with E-state index < -0.39 is 0 Å². The van der Waals surface area contributed by atoms with Gasteiger partial charge in [0.05, 0.1) is 33.1 Å². The fourth-order valence-corrected chi connectivity index (χ4v) is 4.17. The number of hydrogen-bond donors (Lipinski definition) is 2. The Morgan fingerprint density at radius 2 is 1.83 bits per heavy atom. The minimum Gasteiger partial charge on any atom is -0.491 e. The molecule has 3 aromatic heterocycles. The normalized spacial score (nSPS) is 11.9. The van der Waals surface area contributed by atoms with Gasteiger partial charge in [-0.15, -0.1) is 0 Å².